The Morgan fingerprint density at radius 3 is 2.45 bits per heavy atom. The second-order valence-electron chi connectivity index (χ2n) is 7.25. The van der Waals surface area contributed by atoms with Gasteiger partial charge in [0.15, 0.2) is 5.16 Å². The zero-order chi connectivity index (χ0) is 23.7. The highest BCUT2D eigenvalue weighted by Gasteiger charge is 2.21. The summed E-state index contributed by atoms with van der Waals surface area (Å²) in [6, 6.07) is 7.77. The van der Waals surface area contributed by atoms with Crippen molar-refractivity contribution in [1.82, 2.24) is 34.5 Å². The molecule has 1 aromatic carbocycles. The number of nitrogens with zero attached hydrogens (tertiary/aromatic N) is 8. The summed E-state index contributed by atoms with van der Waals surface area (Å²) in [7, 11) is 1.74. The molecule has 0 spiro atoms. The molecule has 0 saturated heterocycles. The number of nitro benzene ring substituents is 1. The molecule has 3 aromatic heterocycles. The van der Waals surface area contributed by atoms with Crippen LogP contribution in [0.15, 0.2) is 46.7 Å². The number of nitro groups is 1. The van der Waals surface area contributed by atoms with Gasteiger partial charge in [-0.1, -0.05) is 0 Å². The second-order valence-corrected chi connectivity index (χ2v) is 8.26. The predicted molar refractivity (Wildman–Crippen MR) is 120 cm³/mol. The van der Waals surface area contributed by atoms with Gasteiger partial charge in [-0.3, -0.25) is 14.9 Å². The smallest absolute Gasteiger partial charge is 0.284 e. The molecule has 1 N–H and O–H groups in total. The molecule has 0 aliphatic heterocycles. The second kappa shape index (κ2) is 8.78. The first kappa shape index (κ1) is 22.1. The van der Waals surface area contributed by atoms with Crippen molar-refractivity contribution >= 4 is 29.2 Å². The van der Waals surface area contributed by atoms with Crippen molar-refractivity contribution < 1.29 is 9.72 Å². The maximum Gasteiger partial charge on any atom is 0.284 e. The van der Waals surface area contributed by atoms with Gasteiger partial charge in [0.05, 0.1) is 15.5 Å². The number of hydrogen-bond donors (Lipinski definition) is 1. The largest absolute Gasteiger partial charge is 0.311 e. The van der Waals surface area contributed by atoms with E-state index in [4.69, 9.17) is 0 Å². The van der Waals surface area contributed by atoms with Crippen molar-refractivity contribution in [2.24, 2.45) is 7.05 Å². The molecule has 0 atom stereocenters. The average molecular weight is 465 g/mol. The summed E-state index contributed by atoms with van der Waals surface area (Å²) >= 11 is 1.09. The minimum Gasteiger partial charge on any atom is -0.311 e. The van der Waals surface area contributed by atoms with Crippen LogP contribution in [-0.2, 0) is 7.05 Å². The summed E-state index contributed by atoms with van der Waals surface area (Å²) in [6.45, 7) is 5.46. The molecular weight excluding hydrogens is 446 g/mol. The normalized spacial score (nSPS) is 10.9. The highest BCUT2D eigenvalue weighted by molar-refractivity contribution is 7.99. The van der Waals surface area contributed by atoms with Crippen molar-refractivity contribution in [2.75, 3.05) is 5.32 Å². The van der Waals surface area contributed by atoms with Gasteiger partial charge in [0.25, 0.3) is 17.5 Å². The predicted octanol–water partition coefficient (Wildman–Crippen LogP) is 3.03. The van der Waals surface area contributed by atoms with Crippen LogP contribution in [0.5, 0.6) is 0 Å². The molecule has 0 aliphatic rings. The molecule has 4 rings (SSSR count). The van der Waals surface area contributed by atoms with Gasteiger partial charge in [-0.15, -0.1) is 10.2 Å². The lowest BCUT2D eigenvalue weighted by atomic mass is 10.2. The Kier molecular flexibility index (Phi) is 5.87. The Morgan fingerprint density at radius 2 is 1.82 bits per heavy atom. The molecule has 33 heavy (non-hydrogen) atoms. The molecular formula is C20H19N9O3S. The van der Waals surface area contributed by atoms with Crippen LogP contribution >= 0.6 is 11.8 Å². The molecule has 168 valence electrons. The maximum absolute atomic E-state index is 12.9. The van der Waals surface area contributed by atoms with Crippen LogP contribution in [0.2, 0.25) is 0 Å². The lowest BCUT2D eigenvalue weighted by molar-refractivity contribution is -0.387. The highest BCUT2D eigenvalue weighted by atomic mass is 32.2. The van der Waals surface area contributed by atoms with Crippen molar-refractivity contribution in [3.63, 3.8) is 0 Å². The van der Waals surface area contributed by atoms with Crippen LogP contribution in [0.1, 0.15) is 27.4 Å². The summed E-state index contributed by atoms with van der Waals surface area (Å²) in [4.78, 5) is 33.2. The van der Waals surface area contributed by atoms with Gasteiger partial charge in [0.1, 0.15) is 12.1 Å². The fourth-order valence-electron chi connectivity index (χ4n) is 3.08. The van der Waals surface area contributed by atoms with Gasteiger partial charge in [-0.25, -0.2) is 9.97 Å². The summed E-state index contributed by atoms with van der Waals surface area (Å²) in [5, 5.41) is 27.0. The van der Waals surface area contributed by atoms with Crippen LogP contribution in [0.4, 0.5) is 11.5 Å². The van der Waals surface area contributed by atoms with Crippen molar-refractivity contribution in [1.29, 1.82) is 0 Å². The van der Waals surface area contributed by atoms with Crippen LogP contribution < -0.4 is 5.32 Å². The number of hydrogen-bond acceptors (Lipinski definition) is 9. The quantitative estimate of drug-likeness (QED) is 0.335. The van der Waals surface area contributed by atoms with E-state index in [1.54, 1.807) is 24.6 Å². The summed E-state index contributed by atoms with van der Waals surface area (Å²) in [5.74, 6) is 0.138. The molecule has 4 aromatic rings. The summed E-state index contributed by atoms with van der Waals surface area (Å²) < 4.78 is 3.08. The number of nitrogens with one attached hydrogen (secondary N) is 1. The van der Waals surface area contributed by atoms with Crippen LogP contribution in [-0.4, -0.2) is 45.3 Å². The van der Waals surface area contributed by atoms with Crippen molar-refractivity contribution in [3.05, 3.63) is 69.4 Å². The maximum atomic E-state index is 12.9. The number of carbonyl (C=O) groups is 1. The van der Waals surface area contributed by atoms with Crippen molar-refractivity contribution in [3.8, 4) is 5.95 Å². The zero-order valence-electron chi connectivity index (χ0n) is 18.2. The number of benzene rings is 1. The fourth-order valence-corrected chi connectivity index (χ4v) is 3.93. The highest BCUT2D eigenvalue weighted by Crippen LogP contribution is 2.34. The SMILES string of the molecule is Cc1cc(C)nc(-n2nc(C)cc2NC(=O)c2ccc(Sc3nncn3C)c([N+](=O)[O-])c2)n1. The van der Waals surface area contributed by atoms with Gasteiger partial charge in [-0.05, 0) is 50.7 Å². The Hall–Kier alpha value is -4.13. The Morgan fingerprint density at radius 1 is 1.09 bits per heavy atom. The number of amides is 1. The molecule has 0 bridgehead atoms. The topological polar surface area (TPSA) is 147 Å². The summed E-state index contributed by atoms with van der Waals surface area (Å²) in [5.41, 5.74) is 2.08. The average Bonchev–Trinajstić information content (AvgIpc) is 3.32. The monoisotopic (exact) mass is 465 g/mol. The first-order chi connectivity index (χ1) is 15.7. The Labute approximate surface area is 192 Å². The van der Waals surface area contributed by atoms with Crippen LogP contribution in [0, 0.1) is 30.9 Å². The van der Waals surface area contributed by atoms with Crippen LogP contribution in [0.3, 0.4) is 0 Å². The third kappa shape index (κ3) is 4.72. The van der Waals surface area contributed by atoms with E-state index in [0.717, 1.165) is 23.1 Å². The molecule has 3 heterocycles. The van der Waals surface area contributed by atoms with E-state index in [0.29, 0.717) is 27.5 Å². The molecule has 13 heteroatoms. The molecule has 0 aliphatic carbocycles. The van der Waals surface area contributed by atoms with E-state index < -0.39 is 10.8 Å². The Bertz CT molecular complexity index is 1360. The van der Waals surface area contributed by atoms with Gasteiger partial charge >= 0.3 is 0 Å². The zero-order valence-corrected chi connectivity index (χ0v) is 19.0. The molecule has 12 nitrogen and oxygen atoms in total. The lowest BCUT2D eigenvalue weighted by Gasteiger charge is -2.09. The molecule has 0 radical (unpaired) electrons. The lowest BCUT2D eigenvalue weighted by Crippen LogP contribution is -2.17. The number of rotatable bonds is 6. The van der Waals surface area contributed by atoms with Gasteiger partial charge in [-0.2, -0.15) is 9.78 Å². The third-order valence-electron chi connectivity index (χ3n) is 4.52. The molecule has 0 fully saturated rings. The molecule has 0 saturated carbocycles. The third-order valence-corrected chi connectivity index (χ3v) is 5.64. The summed E-state index contributed by atoms with van der Waals surface area (Å²) in [6.07, 6.45) is 1.50. The number of aryl methyl sites for hydroxylation is 4. The van der Waals surface area contributed by atoms with E-state index >= 15 is 0 Å². The van der Waals surface area contributed by atoms with E-state index in [2.05, 4.69) is 30.6 Å². The fraction of sp³-hybridized carbons (Fsp3) is 0.200. The molecule has 1 amide bonds. The van der Waals surface area contributed by atoms with Gasteiger partial charge < -0.3 is 9.88 Å². The minimum atomic E-state index is -0.534. The van der Waals surface area contributed by atoms with Crippen molar-refractivity contribution in [2.45, 2.75) is 30.8 Å². The van der Waals surface area contributed by atoms with Gasteiger partial charge in [0, 0.05) is 36.1 Å². The first-order valence-corrected chi connectivity index (χ1v) is 10.5. The van der Waals surface area contributed by atoms with Gasteiger partial charge in [0.2, 0.25) is 0 Å². The van der Waals surface area contributed by atoms with E-state index in [9.17, 15) is 14.9 Å². The number of aromatic nitrogens is 7. The number of carbonyl (C=O) groups excluding carboxylic acids is 1. The standard InChI is InChI=1S/C20H19N9O3S/c1-11-7-12(2)23-19(22-11)28-17(8-13(3)26-28)24-18(30)14-5-6-16(15(9-14)29(31)32)33-20-25-21-10-27(20)4/h5-10H,1-4H3,(H,24,30). The minimum absolute atomic E-state index is 0.121. The van der Waals surface area contributed by atoms with E-state index in [1.807, 2.05) is 19.9 Å². The van der Waals surface area contributed by atoms with Crippen LogP contribution in [0.25, 0.3) is 5.95 Å². The Balaban J connectivity index is 1.64. The van der Waals surface area contributed by atoms with E-state index in [-0.39, 0.29) is 11.3 Å². The molecule has 0 unspecified atom stereocenters. The number of anilines is 1. The van der Waals surface area contributed by atoms with E-state index in [1.165, 1.54) is 29.2 Å². The first-order valence-electron chi connectivity index (χ1n) is 9.72.